The van der Waals surface area contributed by atoms with Gasteiger partial charge in [0.05, 0.1) is 22.1 Å². The molecule has 0 atom stereocenters. The fraction of sp³-hybridized carbons (Fsp3) is 0.217. The number of imidazole rings is 1. The van der Waals surface area contributed by atoms with Gasteiger partial charge in [0.15, 0.2) is 0 Å². The molecule has 3 aromatic heterocycles. The molecule has 0 fully saturated rings. The Morgan fingerprint density at radius 3 is 2.62 bits per heavy atom. The molecule has 11 heteroatoms. The number of hydrogen-bond acceptors (Lipinski definition) is 8. The number of esters is 1. The third kappa shape index (κ3) is 4.61. The monoisotopic (exact) mass is 481 g/mol. The minimum absolute atomic E-state index is 0.100. The van der Waals surface area contributed by atoms with Crippen LogP contribution in [0, 0.1) is 0 Å². The van der Waals surface area contributed by atoms with Gasteiger partial charge in [-0.05, 0) is 49.4 Å². The minimum atomic E-state index is -3.60. The Hall–Kier alpha value is -3.83. The summed E-state index contributed by atoms with van der Waals surface area (Å²) in [5.41, 5.74) is 1.40. The highest BCUT2D eigenvalue weighted by atomic mass is 32.2. The van der Waals surface area contributed by atoms with Crippen LogP contribution in [0.4, 0.5) is 0 Å². The lowest BCUT2D eigenvalue weighted by Crippen LogP contribution is -2.22. The van der Waals surface area contributed by atoms with Crippen LogP contribution in [-0.4, -0.2) is 52.3 Å². The molecule has 0 spiro atoms. The van der Waals surface area contributed by atoms with Gasteiger partial charge >= 0.3 is 5.97 Å². The molecule has 0 aliphatic carbocycles. The van der Waals surface area contributed by atoms with Gasteiger partial charge in [0.1, 0.15) is 23.7 Å². The molecule has 0 saturated carbocycles. The fourth-order valence-electron chi connectivity index (χ4n) is 3.35. The first-order chi connectivity index (χ1) is 16.3. The molecular weight excluding hydrogens is 458 g/mol. The van der Waals surface area contributed by atoms with Crippen LogP contribution in [0.15, 0.2) is 66.0 Å². The summed E-state index contributed by atoms with van der Waals surface area (Å²) in [5, 5.41) is 0. The second-order valence-corrected chi connectivity index (χ2v) is 9.59. The van der Waals surface area contributed by atoms with Crippen LogP contribution in [-0.2, 0) is 27.9 Å². The quantitative estimate of drug-likeness (QED) is 0.352. The molecule has 0 aliphatic rings. The van der Waals surface area contributed by atoms with E-state index < -0.39 is 16.0 Å². The summed E-state index contributed by atoms with van der Waals surface area (Å²) >= 11 is 0. The molecule has 0 saturated heterocycles. The number of hydrogen-bond donors (Lipinski definition) is 0. The predicted molar refractivity (Wildman–Crippen MR) is 124 cm³/mol. The van der Waals surface area contributed by atoms with Gasteiger partial charge in [0.25, 0.3) is 0 Å². The Morgan fingerprint density at radius 2 is 1.91 bits per heavy atom. The SMILES string of the molecule is CCn1c(COC(=O)c2cccnc2Oc2cccnc2)nc2cc(S(=O)(=O)N(C)C)ccc21. The third-order valence-corrected chi connectivity index (χ3v) is 6.88. The molecule has 0 amide bonds. The normalized spacial score (nSPS) is 11.6. The Labute approximate surface area is 196 Å². The average molecular weight is 482 g/mol. The number of benzene rings is 1. The summed E-state index contributed by atoms with van der Waals surface area (Å²) < 4.78 is 39.2. The maximum Gasteiger partial charge on any atom is 0.344 e. The van der Waals surface area contributed by atoms with E-state index in [1.807, 2.05) is 11.5 Å². The lowest BCUT2D eigenvalue weighted by atomic mass is 10.3. The van der Waals surface area contributed by atoms with E-state index in [4.69, 9.17) is 9.47 Å². The highest BCUT2D eigenvalue weighted by Gasteiger charge is 2.21. The van der Waals surface area contributed by atoms with E-state index >= 15 is 0 Å². The molecule has 4 aromatic rings. The highest BCUT2D eigenvalue weighted by molar-refractivity contribution is 7.89. The van der Waals surface area contributed by atoms with Crippen molar-refractivity contribution >= 4 is 27.0 Å². The maximum absolute atomic E-state index is 12.8. The summed E-state index contributed by atoms with van der Waals surface area (Å²) in [6.07, 6.45) is 4.63. The molecule has 3 heterocycles. The van der Waals surface area contributed by atoms with E-state index in [9.17, 15) is 13.2 Å². The van der Waals surface area contributed by atoms with Gasteiger partial charge in [-0.3, -0.25) is 4.98 Å². The summed E-state index contributed by atoms with van der Waals surface area (Å²) in [4.78, 5) is 25.6. The molecule has 1 aromatic carbocycles. The molecule has 34 heavy (non-hydrogen) atoms. The van der Waals surface area contributed by atoms with E-state index in [0.717, 1.165) is 9.82 Å². The first-order valence-corrected chi connectivity index (χ1v) is 11.9. The number of aryl methyl sites for hydroxylation is 1. The Morgan fingerprint density at radius 1 is 1.12 bits per heavy atom. The first-order valence-electron chi connectivity index (χ1n) is 10.4. The van der Waals surface area contributed by atoms with Crippen molar-refractivity contribution in [2.24, 2.45) is 0 Å². The Kier molecular flexibility index (Phi) is 6.57. The zero-order valence-electron chi connectivity index (χ0n) is 18.9. The second-order valence-electron chi connectivity index (χ2n) is 7.43. The standard InChI is InChI=1S/C23H23N5O5S/c1-4-28-20-10-9-17(34(30,31)27(2)3)13-19(20)26-21(28)15-32-23(29)18-8-6-12-25-22(18)33-16-7-5-11-24-14-16/h5-14H,4,15H2,1-3H3. The van der Waals surface area contributed by atoms with Gasteiger partial charge < -0.3 is 14.0 Å². The van der Waals surface area contributed by atoms with E-state index in [1.165, 1.54) is 32.6 Å². The van der Waals surface area contributed by atoms with Crippen molar-refractivity contribution in [1.29, 1.82) is 0 Å². The summed E-state index contributed by atoms with van der Waals surface area (Å²) in [7, 11) is -0.654. The first kappa shape index (κ1) is 23.3. The van der Waals surface area contributed by atoms with Crippen LogP contribution in [0.25, 0.3) is 11.0 Å². The number of pyridine rings is 2. The van der Waals surface area contributed by atoms with Gasteiger partial charge in [-0.1, -0.05) is 0 Å². The molecular formula is C23H23N5O5S. The van der Waals surface area contributed by atoms with Crippen molar-refractivity contribution in [3.8, 4) is 11.6 Å². The van der Waals surface area contributed by atoms with Crippen molar-refractivity contribution in [3.05, 3.63) is 72.4 Å². The van der Waals surface area contributed by atoms with Gasteiger partial charge in [-0.15, -0.1) is 0 Å². The van der Waals surface area contributed by atoms with Crippen LogP contribution in [0.1, 0.15) is 23.1 Å². The molecule has 4 rings (SSSR count). The van der Waals surface area contributed by atoms with Crippen molar-refractivity contribution < 1.29 is 22.7 Å². The molecule has 10 nitrogen and oxygen atoms in total. The lowest BCUT2D eigenvalue weighted by Gasteiger charge is -2.11. The average Bonchev–Trinajstić information content (AvgIpc) is 3.20. The number of rotatable bonds is 8. The fourth-order valence-corrected chi connectivity index (χ4v) is 4.27. The smallest absolute Gasteiger partial charge is 0.344 e. The van der Waals surface area contributed by atoms with Crippen LogP contribution in [0.3, 0.4) is 0 Å². The van der Waals surface area contributed by atoms with Crippen LogP contribution in [0.5, 0.6) is 11.6 Å². The predicted octanol–water partition coefficient (Wildman–Crippen LogP) is 3.25. The lowest BCUT2D eigenvalue weighted by molar-refractivity contribution is 0.0455. The van der Waals surface area contributed by atoms with E-state index in [2.05, 4.69) is 15.0 Å². The number of ether oxygens (including phenoxy) is 2. The number of fused-ring (bicyclic) bond motifs is 1. The van der Waals surface area contributed by atoms with Crippen molar-refractivity contribution in [2.75, 3.05) is 14.1 Å². The molecule has 176 valence electrons. The maximum atomic E-state index is 12.8. The molecule has 0 aliphatic heterocycles. The Balaban J connectivity index is 1.57. The number of aromatic nitrogens is 4. The van der Waals surface area contributed by atoms with Crippen LogP contribution < -0.4 is 4.74 Å². The number of sulfonamides is 1. The van der Waals surface area contributed by atoms with E-state index in [1.54, 1.807) is 42.6 Å². The van der Waals surface area contributed by atoms with Gasteiger partial charge in [0, 0.05) is 33.0 Å². The minimum Gasteiger partial charge on any atom is -0.454 e. The van der Waals surface area contributed by atoms with Crippen molar-refractivity contribution in [2.45, 2.75) is 25.0 Å². The summed E-state index contributed by atoms with van der Waals surface area (Å²) in [5.74, 6) is 0.399. The number of carbonyl (C=O) groups excluding carboxylic acids is 1. The zero-order chi connectivity index (χ0) is 24.3. The van der Waals surface area contributed by atoms with Crippen LogP contribution in [0.2, 0.25) is 0 Å². The molecule has 0 N–H and O–H groups in total. The largest absolute Gasteiger partial charge is 0.454 e. The van der Waals surface area contributed by atoms with Gasteiger partial charge in [-0.2, -0.15) is 0 Å². The van der Waals surface area contributed by atoms with Crippen molar-refractivity contribution in [3.63, 3.8) is 0 Å². The molecule has 0 unspecified atom stereocenters. The van der Waals surface area contributed by atoms with Gasteiger partial charge in [-0.25, -0.2) is 27.5 Å². The molecule has 0 radical (unpaired) electrons. The number of nitrogens with zero attached hydrogens (tertiary/aromatic N) is 5. The zero-order valence-corrected chi connectivity index (χ0v) is 19.7. The second kappa shape index (κ2) is 9.57. The summed E-state index contributed by atoms with van der Waals surface area (Å²) in [6.45, 7) is 2.38. The van der Waals surface area contributed by atoms with Gasteiger partial charge in [0.2, 0.25) is 15.9 Å². The summed E-state index contributed by atoms with van der Waals surface area (Å²) in [6, 6.07) is 11.3. The Bertz CT molecular complexity index is 1430. The topological polar surface area (TPSA) is 117 Å². The van der Waals surface area contributed by atoms with Crippen molar-refractivity contribution in [1.82, 2.24) is 23.8 Å². The van der Waals surface area contributed by atoms with E-state index in [-0.39, 0.29) is 22.9 Å². The number of carbonyl (C=O) groups is 1. The highest BCUT2D eigenvalue weighted by Crippen LogP contribution is 2.25. The third-order valence-electron chi connectivity index (χ3n) is 5.07. The molecule has 0 bridgehead atoms. The van der Waals surface area contributed by atoms with E-state index in [0.29, 0.717) is 23.6 Å². The van der Waals surface area contributed by atoms with Crippen LogP contribution >= 0.6 is 0 Å².